The fourth-order valence-corrected chi connectivity index (χ4v) is 7.38. The van der Waals surface area contributed by atoms with Crippen molar-refractivity contribution in [3.63, 3.8) is 0 Å². The molecule has 1 aliphatic carbocycles. The van der Waals surface area contributed by atoms with Gasteiger partial charge in [0.15, 0.2) is 5.78 Å². The fraction of sp³-hybridized carbons (Fsp3) is 0.400. The van der Waals surface area contributed by atoms with Crippen LogP contribution in [-0.2, 0) is 20.7 Å². The minimum absolute atomic E-state index is 0. The number of carboxylic acid groups (broad SMARTS) is 1. The van der Waals surface area contributed by atoms with Gasteiger partial charge < -0.3 is 35.6 Å². The first-order valence-corrected chi connectivity index (χ1v) is 15.2. The number of allylic oxidation sites excluding steroid dienone is 1. The van der Waals surface area contributed by atoms with Crippen LogP contribution in [0.5, 0.6) is 0 Å². The van der Waals surface area contributed by atoms with E-state index in [0.717, 1.165) is 39.4 Å². The summed E-state index contributed by atoms with van der Waals surface area (Å²) in [7, 11) is 1.21. The summed E-state index contributed by atoms with van der Waals surface area (Å²) in [6.45, 7) is 13.8. The molecule has 6 rings (SSSR count). The van der Waals surface area contributed by atoms with Crippen molar-refractivity contribution in [3.8, 4) is 0 Å². The molecular weight excluding hydrogens is 597 g/mol. The molecule has 2 aromatic rings. The van der Waals surface area contributed by atoms with Crippen molar-refractivity contribution in [2.45, 2.75) is 65.6 Å². The zero-order valence-electron chi connectivity index (χ0n) is 26.9. The van der Waals surface area contributed by atoms with E-state index in [1.54, 1.807) is 13.0 Å². The number of hydrogen-bond donors (Lipinski definition) is 2. The minimum atomic E-state index is -1.34. The number of aliphatic carboxylic acids is 1. The van der Waals surface area contributed by atoms with Crippen molar-refractivity contribution in [1.82, 2.24) is 9.97 Å². The summed E-state index contributed by atoms with van der Waals surface area (Å²) in [5.74, 6) is -4.92. The molecule has 0 radical (unpaired) electrons. The number of hydrogen-bond acceptors (Lipinski definition) is 5. The van der Waals surface area contributed by atoms with Gasteiger partial charge in [0.1, 0.15) is 5.92 Å². The van der Waals surface area contributed by atoms with Crippen molar-refractivity contribution in [3.05, 3.63) is 96.2 Å². The average Bonchev–Trinajstić information content (AvgIpc) is 3.73. The Bertz CT molecular complexity index is 1890. The topological polar surface area (TPSA) is 157 Å². The Morgan fingerprint density at radius 2 is 1.83 bits per heavy atom. The van der Waals surface area contributed by atoms with Crippen LogP contribution in [0.4, 0.5) is 0 Å². The summed E-state index contributed by atoms with van der Waals surface area (Å²) in [4.78, 5) is 48.9. The predicted octanol–water partition coefficient (Wildman–Crippen LogP) is 2.71. The number of fused-ring (bicyclic) bond motifs is 7. The van der Waals surface area contributed by atoms with E-state index >= 15 is 0 Å². The third-order valence-electron chi connectivity index (χ3n) is 9.79. The van der Waals surface area contributed by atoms with Gasteiger partial charge in [-0.15, -0.1) is 39.9 Å². The number of rotatable bonds is 6. The molecule has 2 N–H and O–H groups in total. The Hall–Kier alpha value is -3.80. The van der Waals surface area contributed by atoms with Gasteiger partial charge in [0.05, 0.1) is 19.6 Å². The van der Waals surface area contributed by atoms with Gasteiger partial charge >= 0.3 is 35.0 Å². The van der Waals surface area contributed by atoms with E-state index in [1.165, 1.54) is 7.11 Å². The molecule has 8 bridgehead atoms. The van der Waals surface area contributed by atoms with Crippen LogP contribution in [0.25, 0.3) is 28.4 Å². The number of nitrogens with zero attached hydrogens (tertiary/aromatic N) is 4. The molecule has 46 heavy (non-hydrogen) atoms. The van der Waals surface area contributed by atoms with Crippen LogP contribution >= 0.6 is 0 Å². The third kappa shape index (κ3) is 5.09. The number of ketones is 1. The standard InChI is InChI=1S/C35H38N4O6.Mg/c1-8-18-14(3)20-10-22-16(5)28(26(40)13-27(41)42)32(38-22)30-31(35(44)45-7)34(43)29-17(6)23(39-33(29)30)12-25-19(9-2)15(4)21(37-25)11-24(18)36-20;/h8,10-12,16,22,24,26,28,31,40H,1,9,13H2,2-7H3,(H3,38,39,41,42,43);/q-2;+2/p-2/b20-10+,21-11-,25-12-;/t16-,22?,24?,26+,28-,31-;/m1./s1. The summed E-state index contributed by atoms with van der Waals surface area (Å²) in [6.07, 6.45) is 6.48. The quantitative estimate of drug-likeness (QED) is 0.280. The molecule has 0 saturated carbocycles. The van der Waals surface area contributed by atoms with E-state index in [0.29, 0.717) is 33.9 Å². The monoisotopic (exact) mass is 632 g/mol. The van der Waals surface area contributed by atoms with Crippen molar-refractivity contribution in [2.75, 3.05) is 7.11 Å². The SMILES string of the molecule is C=CC1=C(C)/C2=C\C3[N-]/C(=C4\c5[n-]c(c(C)c5C(=O)[C@@H]4C(=O)OC)/C=c4\[n-]/c(c(C)c4CC)=C\C1[N-]2)[C@@H]([C@@H](O)CC(=O)O)[C@@H]3C.[Mg+2]. The molecule has 5 heterocycles. The van der Waals surface area contributed by atoms with Gasteiger partial charge in [-0.05, 0) is 39.0 Å². The van der Waals surface area contributed by atoms with Crippen LogP contribution in [0.3, 0.4) is 0 Å². The molecule has 0 amide bonds. The first kappa shape index (κ1) is 33.6. The van der Waals surface area contributed by atoms with Crippen LogP contribution in [0, 0.1) is 31.6 Å². The number of carboxylic acids is 1. The Morgan fingerprint density at radius 3 is 2.46 bits per heavy atom. The van der Waals surface area contributed by atoms with E-state index in [4.69, 9.17) is 25.3 Å². The molecule has 236 valence electrons. The van der Waals surface area contributed by atoms with Gasteiger partial charge in [0, 0.05) is 5.56 Å². The number of methoxy groups -OCH3 is 1. The molecule has 3 aliphatic heterocycles. The van der Waals surface area contributed by atoms with Gasteiger partial charge in [0.25, 0.3) is 0 Å². The average molecular weight is 633 g/mol. The smallest absolute Gasteiger partial charge is 0.681 e. The number of aliphatic hydroxyl groups excluding tert-OH is 1. The molecule has 0 aromatic carbocycles. The summed E-state index contributed by atoms with van der Waals surface area (Å²) in [5.41, 5.74) is 6.98. The molecule has 1 fully saturated rings. The third-order valence-corrected chi connectivity index (χ3v) is 9.79. The summed E-state index contributed by atoms with van der Waals surface area (Å²) in [6, 6.07) is -0.857. The zero-order valence-corrected chi connectivity index (χ0v) is 28.3. The number of aliphatic hydroxyl groups is 1. The number of carbonyl (C=O) groups is 3. The molecule has 4 aliphatic rings. The normalized spacial score (nSPS) is 29.3. The summed E-state index contributed by atoms with van der Waals surface area (Å²) < 4.78 is 5.09. The first-order chi connectivity index (χ1) is 21.4. The molecule has 10 nitrogen and oxygen atoms in total. The van der Waals surface area contributed by atoms with E-state index < -0.39 is 54.0 Å². The van der Waals surface area contributed by atoms with Crippen LogP contribution in [0.1, 0.15) is 65.6 Å². The minimum Gasteiger partial charge on any atom is -0.681 e. The van der Waals surface area contributed by atoms with Gasteiger partial charge in [-0.2, -0.15) is 5.70 Å². The molecule has 11 heteroatoms. The van der Waals surface area contributed by atoms with Crippen LogP contribution in [0.15, 0.2) is 41.3 Å². The molecule has 2 aromatic heterocycles. The first-order valence-electron chi connectivity index (χ1n) is 15.2. The zero-order chi connectivity index (χ0) is 32.5. The molecule has 0 spiro atoms. The molecular formula is C35H36MgN4O6-2. The Balaban J connectivity index is 0.00000417. The molecule has 1 saturated heterocycles. The van der Waals surface area contributed by atoms with E-state index in [-0.39, 0.29) is 34.7 Å². The van der Waals surface area contributed by atoms with Gasteiger partial charge in [-0.25, -0.2) is 0 Å². The number of ether oxygens (including phenoxy) is 1. The summed E-state index contributed by atoms with van der Waals surface area (Å²) in [5, 5.41) is 32.5. The Labute approximate surface area is 283 Å². The molecule has 6 atom stereocenters. The van der Waals surface area contributed by atoms with Crippen LogP contribution in [0.2, 0.25) is 0 Å². The van der Waals surface area contributed by atoms with E-state index in [1.807, 2.05) is 39.0 Å². The Morgan fingerprint density at radius 1 is 1.11 bits per heavy atom. The summed E-state index contributed by atoms with van der Waals surface area (Å²) >= 11 is 0. The maximum atomic E-state index is 14.0. The van der Waals surface area contributed by atoms with Crippen molar-refractivity contribution >= 4 is 58.5 Å². The van der Waals surface area contributed by atoms with E-state index in [9.17, 15) is 24.6 Å². The van der Waals surface area contributed by atoms with Gasteiger partial charge in [-0.3, -0.25) is 14.4 Å². The predicted molar refractivity (Wildman–Crippen MR) is 174 cm³/mol. The largest absolute Gasteiger partial charge is 2.00 e. The second-order valence-electron chi connectivity index (χ2n) is 12.2. The Kier molecular flexibility index (Phi) is 9.06. The van der Waals surface area contributed by atoms with Gasteiger partial charge in [-0.1, -0.05) is 78.1 Å². The van der Waals surface area contributed by atoms with Crippen molar-refractivity contribution < 1.29 is 29.3 Å². The van der Waals surface area contributed by atoms with Crippen molar-refractivity contribution in [2.24, 2.45) is 17.8 Å². The number of Topliss-reactive ketones (excluding diaryl/α,β-unsaturated/α-hetero) is 1. The van der Waals surface area contributed by atoms with Gasteiger partial charge in [0.2, 0.25) is 0 Å². The number of carbonyl (C=O) groups excluding carboxylic acids is 2. The fourth-order valence-electron chi connectivity index (χ4n) is 7.38. The van der Waals surface area contributed by atoms with Crippen LogP contribution < -0.4 is 20.7 Å². The number of esters is 1. The number of aromatic nitrogens is 2. The van der Waals surface area contributed by atoms with E-state index in [2.05, 4.69) is 13.5 Å². The maximum absolute atomic E-state index is 14.0. The maximum Gasteiger partial charge on any atom is 2.00 e. The molecule has 2 unspecified atom stereocenters. The second kappa shape index (κ2) is 12.4. The van der Waals surface area contributed by atoms with Crippen molar-refractivity contribution in [1.29, 1.82) is 0 Å². The second-order valence-corrected chi connectivity index (χ2v) is 12.2. The van der Waals surface area contributed by atoms with Crippen LogP contribution in [-0.4, -0.2) is 76.3 Å².